The van der Waals surface area contributed by atoms with E-state index >= 15 is 0 Å². The van der Waals surface area contributed by atoms with Gasteiger partial charge in [0.1, 0.15) is 11.8 Å². The van der Waals surface area contributed by atoms with Gasteiger partial charge >= 0.3 is 0 Å². The summed E-state index contributed by atoms with van der Waals surface area (Å²) in [6.07, 6.45) is 4.27. The minimum Gasteiger partial charge on any atom is -0.484 e. The third-order valence-electron chi connectivity index (χ3n) is 5.49. The number of halogens is 1. The summed E-state index contributed by atoms with van der Waals surface area (Å²) in [7, 11) is 0. The molecule has 6 heteroatoms. The maximum absolute atomic E-state index is 13.1. The SMILES string of the molecule is Cc1cccc(OCC(=O)N(Cc2ccc(Cl)cc2)[C@H](C)C(=O)NC2CCCC2)c1. The van der Waals surface area contributed by atoms with Gasteiger partial charge in [0.25, 0.3) is 5.91 Å². The van der Waals surface area contributed by atoms with Crippen molar-refractivity contribution in [1.82, 2.24) is 10.2 Å². The molecule has 160 valence electrons. The number of benzene rings is 2. The second-order valence-corrected chi connectivity index (χ2v) is 8.36. The fraction of sp³-hybridized carbons (Fsp3) is 0.417. The molecule has 0 bridgehead atoms. The Hall–Kier alpha value is -2.53. The van der Waals surface area contributed by atoms with Gasteiger partial charge < -0.3 is 15.0 Å². The highest BCUT2D eigenvalue weighted by Gasteiger charge is 2.28. The summed E-state index contributed by atoms with van der Waals surface area (Å²) in [5, 5.41) is 3.73. The molecular weight excluding hydrogens is 400 g/mol. The average Bonchev–Trinajstić information content (AvgIpc) is 3.24. The van der Waals surface area contributed by atoms with Gasteiger partial charge in [-0.15, -0.1) is 0 Å². The Kier molecular flexibility index (Phi) is 7.75. The minimum absolute atomic E-state index is 0.125. The number of hydrogen-bond acceptors (Lipinski definition) is 3. The van der Waals surface area contributed by atoms with Gasteiger partial charge in [-0.2, -0.15) is 0 Å². The molecule has 2 aromatic carbocycles. The van der Waals surface area contributed by atoms with E-state index in [1.165, 1.54) is 0 Å². The number of hydrogen-bond donors (Lipinski definition) is 1. The molecule has 1 N–H and O–H groups in total. The lowest BCUT2D eigenvalue weighted by atomic mass is 10.1. The summed E-state index contributed by atoms with van der Waals surface area (Å²) in [4.78, 5) is 27.5. The van der Waals surface area contributed by atoms with Crippen LogP contribution in [0.4, 0.5) is 0 Å². The molecular formula is C24H29ClN2O3. The first-order valence-electron chi connectivity index (χ1n) is 10.5. The van der Waals surface area contributed by atoms with E-state index in [9.17, 15) is 9.59 Å². The zero-order chi connectivity index (χ0) is 21.5. The van der Waals surface area contributed by atoms with Crippen LogP contribution in [0.2, 0.25) is 5.02 Å². The van der Waals surface area contributed by atoms with Crippen LogP contribution in [0.15, 0.2) is 48.5 Å². The molecule has 2 amide bonds. The predicted octanol–water partition coefficient (Wildman–Crippen LogP) is 4.50. The number of carbonyl (C=O) groups excluding carboxylic acids is 2. The van der Waals surface area contributed by atoms with Gasteiger partial charge in [-0.25, -0.2) is 0 Å². The van der Waals surface area contributed by atoms with Crippen LogP contribution in [0, 0.1) is 6.92 Å². The van der Waals surface area contributed by atoms with Gasteiger partial charge in [-0.3, -0.25) is 9.59 Å². The molecule has 5 nitrogen and oxygen atoms in total. The Morgan fingerprint density at radius 1 is 1.17 bits per heavy atom. The summed E-state index contributed by atoms with van der Waals surface area (Å²) in [5.41, 5.74) is 1.96. The average molecular weight is 429 g/mol. The molecule has 0 aliphatic heterocycles. The third kappa shape index (κ3) is 6.23. The summed E-state index contributed by atoms with van der Waals surface area (Å²) in [6, 6.07) is 14.5. The van der Waals surface area contributed by atoms with Crippen molar-refractivity contribution < 1.29 is 14.3 Å². The van der Waals surface area contributed by atoms with E-state index < -0.39 is 6.04 Å². The van der Waals surface area contributed by atoms with Crippen LogP contribution >= 0.6 is 11.6 Å². The van der Waals surface area contributed by atoms with Crippen LogP contribution in [0.5, 0.6) is 5.75 Å². The Labute approximate surface area is 183 Å². The van der Waals surface area contributed by atoms with E-state index in [0.717, 1.165) is 36.8 Å². The molecule has 3 rings (SSSR count). The Bertz CT molecular complexity index is 863. The maximum atomic E-state index is 13.1. The van der Waals surface area contributed by atoms with Crippen LogP contribution in [-0.4, -0.2) is 35.4 Å². The van der Waals surface area contributed by atoms with E-state index in [0.29, 0.717) is 17.3 Å². The van der Waals surface area contributed by atoms with Crippen LogP contribution in [0.3, 0.4) is 0 Å². The standard InChI is InChI=1S/C24H29ClN2O3/c1-17-6-5-9-22(14-17)30-16-23(28)27(15-19-10-12-20(25)13-11-19)18(2)24(29)26-21-7-3-4-8-21/h5-6,9-14,18,21H,3-4,7-8,15-16H2,1-2H3,(H,26,29)/t18-/m1/s1. The number of nitrogens with zero attached hydrogens (tertiary/aromatic N) is 1. The zero-order valence-corrected chi connectivity index (χ0v) is 18.3. The molecule has 1 saturated carbocycles. The van der Waals surface area contributed by atoms with E-state index in [2.05, 4.69) is 5.32 Å². The second kappa shape index (κ2) is 10.5. The first-order valence-corrected chi connectivity index (χ1v) is 10.8. The molecule has 0 aromatic heterocycles. The van der Waals surface area contributed by atoms with Crippen molar-refractivity contribution in [3.05, 3.63) is 64.7 Å². The number of aryl methyl sites for hydroxylation is 1. The van der Waals surface area contributed by atoms with Gasteiger partial charge in [-0.1, -0.05) is 48.7 Å². The van der Waals surface area contributed by atoms with Crippen LogP contribution < -0.4 is 10.1 Å². The number of amides is 2. The Morgan fingerprint density at radius 2 is 1.87 bits per heavy atom. The summed E-state index contributed by atoms with van der Waals surface area (Å²) >= 11 is 5.98. The van der Waals surface area contributed by atoms with Crippen molar-refractivity contribution in [1.29, 1.82) is 0 Å². The van der Waals surface area contributed by atoms with Crippen LogP contribution in [-0.2, 0) is 16.1 Å². The number of rotatable bonds is 8. The molecule has 0 spiro atoms. The largest absolute Gasteiger partial charge is 0.484 e. The fourth-order valence-electron chi connectivity index (χ4n) is 3.69. The van der Waals surface area contributed by atoms with Gasteiger partial charge in [-0.05, 0) is 62.1 Å². The molecule has 1 fully saturated rings. The molecule has 1 aliphatic rings. The van der Waals surface area contributed by atoms with Crippen molar-refractivity contribution >= 4 is 23.4 Å². The molecule has 2 aromatic rings. The maximum Gasteiger partial charge on any atom is 0.261 e. The lowest BCUT2D eigenvalue weighted by Crippen LogP contribution is -2.50. The van der Waals surface area contributed by atoms with Crippen molar-refractivity contribution in [3.8, 4) is 5.75 Å². The van der Waals surface area contributed by atoms with Crippen molar-refractivity contribution in [3.63, 3.8) is 0 Å². The quantitative estimate of drug-likeness (QED) is 0.673. The Morgan fingerprint density at radius 3 is 2.53 bits per heavy atom. The lowest BCUT2D eigenvalue weighted by Gasteiger charge is -2.29. The van der Waals surface area contributed by atoms with Gasteiger partial charge in [0.05, 0.1) is 0 Å². The van der Waals surface area contributed by atoms with Gasteiger partial charge in [0.2, 0.25) is 5.91 Å². The number of nitrogens with one attached hydrogen (secondary N) is 1. The monoisotopic (exact) mass is 428 g/mol. The highest BCUT2D eigenvalue weighted by Crippen LogP contribution is 2.19. The number of ether oxygens (including phenoxy) is 1. The first-order chi connectivity index (χ1) is 14.4. The van der Waals surface area contributed by atoms with Gasteiger partial charge in [0, 0.05) is 17.6 Å². The lowest BCUT2D eigenvalue weighted by molar-refractivity contribution is -0.142. The first kappa shape index (κ1) is 22.2. The second-order valence-electron chi connectivity index (χ2n) is 7.92. The third-order valence-corrected chi connectivity index (χ3v) is 5.74. The Balaban J connectivity index is 1.70. The van der Waals surface area contributed by atoms with E-state index in [1.807, 2.05) is 43.3 Å². The van der Waals surface area contributed by atoms with Crippen molar-refractivity contribution in [2.45, 2.75) is 58.2 Å². The minimum atomic E-state index is -0.602. The highest BCUT2D eigenvalue weighted by atomic mass is 35.5. The van der Waals surface area contributed by atoms with Crippen molar-refractivity contribution in [2.75, 3.05) is 6.61 Å². The molecule has 1 atom stereocenters. The highest BCUT2D eigenvalue weighted by molar-refractivity contribution is 6.30. The summed E-state index contributed by atoms with van der Waals surface area (Å²) in [6.45, 7) is 3.92. The van der Waals surface area contributed by atoms with Crippen molar-refractivity contribution in [2.24, 2.45) is 0 Å². The van der Waals surface area contributed by atoms with E-state index in [4.69, 9.17) is 16.3 Å². The smallest absolute Gasteiger partial charge is 0.261 e. The zero-order valence-electron chi connectivity index (χ0n) is 17.6. The van der Waals surface area contributed by atoms with E-state index in [1.54, 1.807) is 24.0 Å². The van der Waals surface area contributed by atoms with E-state index in [-0.39, 0.29) is 24.5 Å². The van der Waals surface area contributed by atoms with Crippen LogP contribution in [0.1, 0.15) is 43.7 Å². The normalized spacial score (nSPS) is 14.9. The van der Waals surface area contributed by atoms with Crippen LogP contribution in [0.25, 0.3) is 0 Å². The molecule has 0 heterocycles. The summed E-state index contributed by atoms with van der Waals surface area (Å²) < 4.78 is 5.71. The summed E-state index contributed by atoms with van der Waals surface area (Å²) in [5.74, 6) is 0.276. The number of carbonyl (C=O) groups is 2. The molecule has 30 heavy (non-hydrogen) atoms. The fourth-order valence-corrected chi connectivity index (χ4v) is 3.82. The molecule has 1 aliphatic carbocycles. The molecule has 0 saturated heterocycles. The molecule has 0 unspecified atom stereocenters. The topological polar surface area (TPSA) is 58.6 Å². The predicted molar refractivity (Wildman–Crippen MR) is 119 cm³/mol. The van der Waals surface area contributed by atoms with Gasteiger partial charge in [0.15, 0.2) is 6.61 Å². The molecule has 0 radical (unpaired) electrons.